The highest BCUT2D eigenvalue weighted by Crippen LogP contribution is 2.28. The number of unbranched alkanes of at least 4 members (excludes halogenated alkanes) is 2. The van der Waals surface area contributed by atoms with E-state index in [9.17, 15) is 13.2 Å². The molecule has 0 unspecified atom stereocenters. The Balaban J connectivity index is 2.34. The number of carboxylic acids is 1. The van der Waals surface area contributed by atoms with Crippen molar-refractivity contribution < 1.29 is 18.3 Å². The van der Waals surface area contributed by atoms with Crippen molar-refractivity contribution in [2.45, 2.75) is 31.1 Å². The summed E-state index contributed by atoms with van der Waals surface area (Å²) in [6.45, 7) is 2.31. The van der Waals surface area contributed by atoms with E-state index in [0.717, 1.165) is 36.9 Å². The minimum absolute atomic E-state index is 0.0819. The number of fused-ring (bicyclic) bond motifs is 1. The lowest BCUT2D eigenvalue weighted by molar-refractivity contribution is -0.135. The van der Waals surface area contributed by atoms with Crippen molar-refractivity contribution in [3.8, 4) is 0 Å². The number of carbonyl (C=O) groups is 1. The van der Waals surface area contributed by atoms with E-state index in [1.165, 1.54) is 6.07 Å². The summed E-state index contributed by atoms with van der Waals surface area (Å²) in [5.41, 5.74) is 0.874. The minimum Gasteiger partial charge on any atom is -0.480 e. The summed E-state index contributed by atoms with van der Waals surface area (Å²) in [6.07, 6.45) is 3.32. The van der Waals surface area contributed by atoms with Crippen LogP contribution >= 0.6 is 0 Å². The van der Waals surface area contributed by atoms with Crippen molar-refractivity contribution in [1.82, 2.24) is 4.72 Å². The lowest BCUT2D eigenvalue weighted by Gasteiger charge is -2.13. The summed E-state index contributed by atoms with van der Waals surface area (Å²) in [4.78, 5) is 10.7. The van der Waals surface area contributed by atoms with Gasteiger partial charge in [0.15, 0.2) is 0 Å². The molecule has 0 aliphatic rings. The standard InChI is InChI=1S/C17H22N2O4S/c1-2-3-4-11-18-15-9-5-8-14-13(15)7-6-10-16(14)24(22,23)19-12-17(20)21/h5-10,18-19H,2-4,11-12H2,1H3,(H,20,21). The zero-order chi connectivity index (χ0) is 17.6. The van der Waals surface area contributed by atoms with E-state index in [-0.39, 0.29) is 4.90 Å². The number of nitrogens with one attached hydrogen (secondary N) is 2. The van der Waals surface area contributed by atoms with Crippen LogP contribution in [0.5, 0.6) is 0 Å². The van der Waals surface area contributed by atoms with Crippen LogP contribution in [-0.4, -0.2) is 32.6 Å². The van der Waals surface area contributed by atoms with Crippen LogP contribution in [0.1, 0.15) is 26.2 Å². The Morgan fingerprint density at radius 2 is 1.79 bits per heavy atom. The maximum Gasteiger partial charge on any atom is 0.318 e. The van der Waals surface area contributed by atoms with Crippen LogP contribution in [0.2, 0.25) is 0 Å². The Hall–Kier alpha value is -2.12. The van der Waals surface area contributed by atoms with Crippen molar-refractivity contribution >= 4 is 32.5 Å². The van der Waals surface area contributed by atoms with Gasteiger partial charge in [0, 0.05) is 23.0 Å². The molecule has 7 heteroatoms. The molecule has 0 amide bonds. The van der Waals surface area contributed by atoms with Crippen molar-refractivity contribution in [2.24, 2.45) is 0 Å². The summed E-state index contributed by atoms with van der Waals surface area (Å²) in [7, 11) is -3.89. The fourth-order valence-electron chi connectivity index (χ4n) is 2.50. The molecule has 3 N–H and O–H groups in total. The first-order valence-corrected chi connectivity index (χ1v) is 9.41. The van der Waals surface area contributed by atoms with Crippen molar-refractivity contribution in [3.63, 3.8) is 0 Å². The van der Waals surface area contributed by atoms with E-state index in [2.05, 4.69) is 17.0 Å². The third-order valence-corrected chi connectivity index (χ3v) is 5.14. The lowest BCUT2D eigenvalue weighted by Crippen LogP contribution is -2.29. The number of benzene rings is 2. The molecular weight excluding hydrogens is 328 g/mol. The predicted octanol–water partition coefficient (Wildman–Crippen LogP) is 2.80. The second kappa shape index (κ2) is 8.12. The van der Waals surface area contributed by atoms with Crippen LogP contribution in [0.3, 0.4) is 0 Å². The van der Waals surface area contributed by atoms with E-state index < -0.39 is 22.5 Å². The Morgan fingerprint density at radius 1 is 1.08 bits per heavy atom. The Morgan fingerprint density at radius 3 is 2.50 bits per heavy atom. The van der Waals surface area contributed by atoms with Crippen LogP contribution in [0.25, 0.3) is 10.8 Å². The molecule has 130 valence electrons. The van der Waals surface area contributed by atoms with E-state index in [1.807, 2.05) is 12.1 Å². The Kier molecular flexibility index (Phi) is 6.16. The monoisotopic (exact) mass is 350 g/mol. The fourth-order valence-corrected chi connectivity index (χ4v) is 3.70. The number of anilines is 1. The van der Waals surface area contributed by atoms with Crippen molar-refractivity contribution in [2.75, 3.05) is 18.4 Å². The van der Waals surface area contributed by atoms with E-state index in [4.69, 9.17) is 5.11 Å². The van der Waals surface area contributed by atoms with Gasteiger partial charge in [-0.3, -0.25) is 4.79 Å². The second-order valence-corrected chi connectivity index (χ2v) is 7.24. The highest BCUT2D eigenvalue weighted by Gasteiger charge is 2.18. The SMILES string of the molecule is CCCCCNc1cccc2c(S(=O)(=O)NCC(=O)O)cccc12. The largest absolute Gasteiger partial charge is 0.480 e. The molecule has 6 nitrogen and oxygen atoms in total. The van der Waals surface area contributed by atoms with Gasteiger partial charge in [-0.15, -0.1) is 0 Å². The molecule has 0 saturated carbocycles. The lowest BCUT2D eigenvalue weighted by atomic mass is 10.1. The van der Waals surface area contributed by atoms with Gasteiger partial charge >= 0.3 is 5.97 Å². The van der Waals surface area contributed by atoms with E-state index in [0.29, 0.717) is 5.39 Å². The summed E-state index contributed by atoms with van der Waals surface area (Å²) >= 11 is 0. The van der Waals surface area contributed by atoms with Gasteiger partial charge in [0.2, 0.25) is 10.0 Å². The number of hydrogen-bond acceptors (Lipinski definition) is 4. The summed E-state index contributed by atoms with van der Waals surface area (Å²) in [6, 6.07) is 10.4. The molecule has 0 atom stereocenters. The maximum atomic E-state index is 12.4. The first kappa shape index (κ1) is 18.2. The molecule has 2 rings (SSSR count). The van der Waals surface area contributed by atoms with Gasteiger partial charge in [-0.25, -0.2) is 8.42 Å². The second-order valence-electron chi connectivity index (χ2n) is 5.51. The average Bonchev–Trinajstić information content (AvgIpc) is 2.56. The molecule has 0 aromatic heterocycles. The third-order valence-electron chi connectivity index (χ3n) is 3.68. The number of rotatable bonds is 9. The molecule has 0 aliphatic heterocycles. The van der Waals surface area contributed by atoms with Gasteiger partial charge in [-0.05, 0) is 18.6 Å². The van der Waals surface area contributed by atoms with Gasteiger partial charge in [0.05, 0.1) is 4.90 Å². The number of carboxylic acid groups (broad SMARTS) is 1. The molecule has 0 heterocycles. The zero-order valence-electron chi connectivity index (χ0n) is 13.6. The molecule has 24 heavy (non-hydrogen) atoms. The van der Waals surface area contributed by atoms with Crippen LogP contribution in [0.15, 0.2) is 41.3 Å². The van der Waals surface area contributed by atoms with Gasteiger partial charge in [0.25, 0.3) is 0 Å². The van der Waals surface area contributed by atoms with Crippen LogP contribution in [0, 0.1) is 0 Å². The first-order valence-electron chi connectivity index (χ1n) is 7.93. The normalized spacial score (nSPS) is 11.5. The van der Waals surface area contributed by atoms with Gasteiger partial charge in [-0.2, -0.15) is 4.72 Å². The van der Waals surface area contributed by atoms with Gasteiger partial charge < -0.3 is 10.4 Å². The summed E-state index contributed by atoms with van der Waals surface area (Å²) in [5.74, 6) is -1.22. The highest BCUT2D eigenvalue weighted by atomic mass is 32.2. The number of sulfonamides is 1. The number of aliphatic carboxylic acids is 1. The first-order chi connectivity index (χ1) is 11.5. The van der Waals surface area contributed by atoms with Crippen molar-refractivity contribution in [1.29, 1.82) is 0 Å². The molecule has 0 spiro atoms. The Labute approximate surface area is 141 Å². The molecule has 0 radical (unpaired) electrons. The smallest absolute Gasteiger partial charge is 0.318 e. The molecule has 0 saturated heterocycles. The molecule has 0 fully saturated rings. The molecule has 2 aromatic rings. The van der Waals surface area contributed by atoms with Gasteiger partial charge in [-0.1, -0.05) is 44.0 Å². The topological polar surface area (TPSA) is 95.5 Å². The quantitative estimate of drug-likeness (QED) is 0.605. The molecular formula is C17H22N2O4S. The van der Waals surface area contributed by atoms with Crippen LogP contribution < -0.4 is 10.0 Å². The third kappa shape index (κ3) is 4.46. The summed E-state index contributed by atoms with van der Waals surface area (Å²) < 4.78 is 26.8. The maximum absolute atomic E-state index is 12.4. The Bertz CT molecular complexity index is 818. The molecule has 2 aromatic carbocycles. The van der Waals surface area contributed by atoms with Crippen LogP contribution in [-0.2, 0) is 14.8 Å². The highest BCUT2D eigenvalue weighted by molar-refractivity contribution is 7.89. The minimum atomic E-state index is -3.89. The fraction of sp³-hybridized carbons (Fsp3) is 0.353. The van der Waals surface area contributed by atoms with Gasteiger partial charge in [0.1, 0.15) is 6.54 Å². The predicted molar refractivity (Wildman–Crippen MR) is 94.8 cm³/mol. The zero-order valence-corrected chi connectivity index (χ0v) is 14.4. The average molecular weight is 350 g/mol. The van der Waals surface area contributed by atoms with E-state index >= 15 is 0 Å². The van der Waals surface area contributed by atoms with Crippen molar-refractivity contribution in [3.05, 3.63) is 36.4 Å². The molecule has 0 aliphatic carbocycles. The summed E-state index contributed by atoms with van der Waals surface area (Å²) in [5, 5.41) is 13.4. The molecule has 0 bridgehead atoms. The number of hydrogen-bond donors (Lipinski definition) is 3. The van der Waals surface area contributed by atoms with Crippen LogP contribution in [0.4, 0.5) is 5.69 Å². The van der Waals surface area contributed by atoms with E-state index in [1.54, 1.807) is 18.2 Å².